The Kier molecular flexibility index (Phi) is 6.09. The summed E-state index contributed by atoms with van der Waals surface area (Å²) >= 11 is 1.37. The highest BCUT2D eigenvalue weighted by Crippen LogP contribution is 2.41. The predicted octanol–water partition coefficient (Wildman–Crippen LogP) is 3.29. The zero-order valence-electron chi connectivity index (χ0n) is 17.7. The van der Waals surface area contributed by atoms with Crippen molar-refractivity contribution in [3.63, 3.8) is 0 Å². The molecule has 0 saturated carbocycles. The van der Waals surface area contributed by atoms with E-state index in [2.05, 4.69) is 27.5 Å². The number of phenolic OH excluding ortho intramolecular Hbond substituents is 1. The van der Waals surface area contributed by atoms with Crippen molar-refractivity contribution in [3.8, 4) is 5.75 Å². The van der Waals surface area contributed by atoms with Gasteiger partial charge in [-0.2, -0.15) is 0 Å². The lowest BCUT2D eigenvalue weighted by Crippen LogP contribution is -2.42. The van der Waals surface area contributed by atoms with Crippen LogP contribution in [0.3, 0.4) is 0 Å². The van der Waals surface area contributed by atoms with E-state index in [1.54, 1.807) is 18.2 Å². The van der Waals surface area contributed by atoms with Crippen LogP contribution in [0.5, 0.6) is 5.75 Å². The minimum atomic E-state index is -1.11. The number of phenols is 1. The third kappa shape index (κ3) is 4.57. The molecule has 0 bridgehead atoms. The number of aryl methyl sites for hydroxylation is 1. The van der Waals surface area contributed by atoms with Gasteiger partial charge in [0, 0.05) is 35.5 Å². The Morgan fingerprint density at radius 3 is 2.72 bits per heavy atom. The molecule has 166 valence electrons. The minimum Gasteiger partial charge on any atom is -0.508 e. The van der Waals surface area contributed by atoms with Crippen molar-refractivity contribution in [2.24, 2.45) is 0 Å². The van der Waals surface area contributed by atoms with Gasteiger partial charge in [-0.1, -0.05) is 19.1 Å². The number of carbonyl (C=O) groups excluding carboxylic acids is 1. The quantitative estimate of drug-likeness (QED) is 0.434. The first-order chi connectivity index (χ1) is 15.3. The zero-order valence-corrected chi connectivity index (χ0v) is 18.5. The number of thiophene rings is 1. The summed E-state index contributed by atoms with van der Waals surface area (Å²) in [6, 6.07) is 8.85. The Hall–Kier alpha value is -3.46. The number of carboxylic acids is 1. The maximum Gasteiger partial charge on any atom is 0.326 e. The normalized spacial score (nSPS) is 16.6. The summed E-state index contributed by atoms with van der Waals surface area (Å²) in [5, 5.41) is 24.9. The molecule has 1 aliphatic rings. The van der Waals surface area contributed by atoms with Crippen LogP contribution in [0.1, 0.15) is 50.3 Å². The SMILES string of the molecule is Cc1ncc2c(n1)NCC2C(C)c1ccc(C(=O)N[C@@H](Cc2ccc(O)cc2)C(=O)O)s1. The third-order valence-electron chi connectivity index (χ3n) is 5.71. The molecule has 4 rings (SSSR count). The van der Waals surface area contributed by atoms with E-state index >= 15 is 0 Å². The summed E-state index contributed by atoms with van der Waals surface area (Å²) in [6.45, 7) is 4.72. The van der Waals surface area contributed by atoms with Gasteiger partial charge >= 0.3 is 5.97 Å². The molecule has 2 unspecified atom stereocenters. The van der Waals surface area contributed by atoms with Crippen molar-refractivity contribution in [2.75, 3.05) is 11.9 Å². The highest BCUT2D eigenvalue weighted by Gasteiger charge is 2.31. The molecule has 8 nitrogen and oxygen atoms in total. The van der Waals surface area contributed by atoms with Crippen LogP contribution in [0.15, 0.2) is 42.6 Å². The molecule has 0 spiro atoms. The van der Waals surface area contributed by atoms with Gasteiger partial charge in [-0.15, -0.1) is 11.3 Å². The maximum absolute atomic E-state index is 12.8. The smallest absolute Gasteiger partial charge is 0.326 e. The monoisotopic (exact) mass is 452 g/mol. The van der Waals surface area contributed by atoms with Gasteiger partial charge in [0.2, 0.25) is 0 Å². The van der Waals surface area contributed by atoms with E-state index in [0.29, 0.717) is 10.4 Å². The van der Waals surface area contributed by atoms with E-state index < -0.39 is 17.9 Å². The highest BCUT2D eigenvalue weighted by atomic mass is 32.1. The number of nitrogens with zero attached hydrogens (tertiary/aromatic N) is 2. The Bertz CT molecular complexity index is 1150. The number of rotatable bonds is 7. The topological polar surface area (TPSA) is 124 Å². The lowest BCUT2D eigenvalue weighted by molar-refractivity contribution is -0.139. The zero-order chi connectivity index (χ0) is 22.8. The van der Waals surface area contributed by atoms with Gasteiger partial charge in [0.05, 0.1) is 4.88 Å². The summed E-state index contributed by atoms with van der Waals surface area (Å²) in [5.41, 5.74) is 1.78. The molecule has 0 fully saturated rings. The molecular formula is C23H24N4O4S. The van der Waals surface area contributed by atoms with Gasteiger partial charge < -0.3 is 20.8 Å². The third-order valence-corrected chi connectivity index (χ3v) is 6.99. The van der Waals surface area contributed by atoms with E-state index in [0.717, 1.165) is 28.6 Å². The van der Waals surface area contributed by atoms with Crippen LogP contribution in [0.25, 0.3) is 0 Å². The van der Waals surface area contributed by atoms with E-state index in [1.165, 1.54) is 23.5 Å². The van der Waals surface area contributed by atoms with Gasteiger partial charge in [-0.25, -0.2) is 14.8 Å². The Balaban J connectivity index is 1.45. The van der Waals surface area contributed by atoms with Gasteiger partial charge in [0.1, 0.15) is 23.4 Å². The number of benzene rings is 1. The molecule has 0 aliphatic carbocycles. The summed E-state index contributed by atoms with van der Waals surface area (Å²) in [7, 11) is 0. The number of hydrogen-bond donors (Lipinski definition) is 4. The number of aliphatic carboxylic acids is 1. The Morgan fingerprint density at radius 1 is 1.25 bits per heavy atom. The fourth-order valence-corrected chi connectivity index (χ4v) is 4.90. The van der Waals surface area contributed by atoms with Crippen molar-refractivity contribution in [2.45, 2.75) is 38.1 Å². The van der Waals surface area contributed by atoms with Crippen molar-refractivity contribution < 1.29 is 19.8 Å². The fourth-order valence-electron chi connectivity index (χ4n) is 3.87. The molecular weight excluding hydrogens is 428 g/mol. The second-order valence-corrected chi connectivity index (χ2v) is 9.05. The highest BCUT2D eigenvalue weighted by molar-refractivity contribution is 7.14. The average molecular weight is 453 g/mol. The first-order valence-corrected chi connectivity index (χ1v) is 11.1. The van der Waals surface area contributed by atoms with Gasteiger partial charge in [0.25, 0.3) is 5.91 Å². The van der Waals surface area contributed by atoms with Crippen molar-refractivity contribution in [1.82, 2.24) is 15.3 Å². The van der Waals surface area contributed by atoms with Crippen molar-refractivity contribution >= 4 is 29.0 Å². The number of amides is 1. The lowest BCUT2D eigenvalue weighted by Gasteiger charge is -2.17. The van der Waals surface area contributed by atoms with E-state index in [4.69, 9.17) is 0 Å². The van der Waals surface area contributed by atoms with E-state index in [1.807, 2.05) is 19.2 Å². The molecule has 0 saturated heterocycles. The number of hydrogen-bond acceptors (Lipinski definition) is 7. The lowest BCUT2D eigenvalue weighted by atomic mass is 9.89. The maximum atomic E-state index is 12.8. The number of fused-ring (bicyclic) bond motifs is 1. The molecule has 3 heterocycles. The Labute approximate surface area is 189 Å². The molecule has 32 heavy (non-hydrogen) atoms. The first-order valence-electron chi connectivity index (χ1n) is 10.3. The summed E-state index contributed by atoms with van der Waals surface area (Å²) in [4.78, 5) is 34.7. The second kappa shape index (κ2) is 8.96. The number of carbonyl (C=O) groups is 2. The average Bonchev–Trinajstić information content (AvgIpc) is 3.41. The van der Waals surface area contributed by atoms with Crippen LogP contribution in [0.4, 0.5) is 5.82 Å². The number of aromatic hydroxyl groups is 1. The molecule has 9 heteroatoms. The first kappa shape index (κ1) is 21.8. The standard InChI is InChI=1S/C23H24N4O4S/c1-12(16-10-25-21-17(16)11-24-13(2)26-21)19-7-8-20(32-19)22(29)27-18(23(30)31)9-14-3-5-15(28)6-4-14/h3-8,11-12,16,18,28H,9-10H2,1-2H3,(H,27,29)(H,30,31)(H,24,25,26)/t12?,16?,18-/m0/s1. The van der Waals surface area contributed by atoms with Crippen molar-refractivity contribution in [1.29, 1.82) is 0 Å². The fraction of sp³-hybridized carbons (Fsp3) is 0.304. The number of carboxylic acid groups (broad SMARTS) is 1. The predicted molar refractivity (Wildman–Crippen MR) is 121 cm³/mol. The number of nitrogens with one attached hydrogen (secondary N) is 2. The van der Waals surface area contributed by atoms with Crippen LogP contribution in [0, 0.1) is 6.92 Å². The van der Waals surface area contributed by atoms with Gasteiger partial charge in [0.15, 0.2) is 0 Å². The van der Waals surface area contributed by atoms with Crippen LogP contribution in [-0.4, -0.2) is 44.6 Å². The van der Waals surface area contributed by atoms with Crippen LogP contribution < -0.4 is 10.6 Å². The number of anilines is 1. The molecule has 2 aromatic heterocycles. The summed E-state index contributed by atoms with van der Waals surface area (Å²) < 4.78 is 0. The molecule has 3 atom stereocenters. The van der Waals surface area contributed by atoms with Crippen LogP contribution in [0.2, 0.25) is 0 Å². The summed E-state index contributed by atoms with van der Waals surface area (Å²) in [6.07, 6.45) is 1.99. The molecule has 1 amide bonds. The van der Waals surface area contributed by atoms with Crippen LogP contribution >= 0.6 is 11.3 Å². The molecule has 4 N–H and O–H groups in total. The largest absolute Gasteiger partial charge is 0.508 e. The van der Waals surface area contributed by atoms with E-state index in [-0.39, 0.29) is 24.0 Å². The molecule has 1 aromatic carbocycles. The van der Waals surface area contributed by atoms with E-state index in [9.17, 15) is 19.8 Å². The minimum absolute atomic E-state index is 0.103. The van der Waals surface area contributed by atoms with Crippen LogP contribution in [-0.2, 0) is 11.2 Å². The Morgan fingerprint density at radius 2 is 2.00 bits per heavy atom. The molecule has 1 aliphatic heterocycles. The molecule has 3 aromatic rings. The second-order valence-electron chi connectivity index (χ2n) is 7.93. The molecule has 0 radical (unpaired) electrons. The van der Waals surface area contributed by atoms with Gasteiger partial charge in [-0.05, 0) is 42.7 Å². The summed E-state index contributed by atoms with van der Waals surface area (Å²) in [5.74, 6) is 0.508. The van der Waals surface area contributed by atoms with Crippen molar-refractivity contribution in [3.05, 3.63) is 69.3 Å². The van der Waals surface area contributed by atoms with Gasteiger partial charge in [-0.3, -0.25) is 4.79 Å². The number of aromatic nitrogens is 2.